The van der Waals surface area contributed by atoms with Gasteiger partial charge in [0.05, 0.1) is 4.92 Å². The third kappa shape index (κ3) is 4.24. The lowest BCUT2D eigenvalue weighted by molar-refractivity contribution is -0.388. The van der Waals surface area contributed by atoms with Crippen LogP contribution in [0.4, 0.5) is 5.69 Å². The van der Waals surface area contributed by atoms with Crippen molar-refractivity contribution in [3.8, 4) is 0 Å². The summed E-state index contributed by atoms with van der Waals surface area (Å²) in [5, 5.41) is 11.3. The summed E-state index contributed by atoms with van der Waals surface area (Å²) in [6.45, 7) is 3.52. The Morgan fingerprint density at radius 2 is 1.83 bits per heavy atom. The van der Waals surface area contributed by atoms with Gasteiger partial charge in [0.25, 0.3) is 5.69 Å². The van der Waals surface area contributed by atoms with Crippen LogP contribution in [0.25, 0.3) is 0 Å². The van der Waals surface area contributed by atoms with Gasteiger partial charge in [-0.25, -0.2) is 13.1 Å². The summed E-state index contributed by atoms with van der Waals surface area (Å²) in [6, 6.07) is 2.90. The van der Waals surface area contributed by atoms with E-state index in [2.05, 4.69) is 4.72 Å². The zero-order valence-corrected chi connectivity index (χ0v) is 15.5. The Morgan fingerprint density at radius 1 is 1.25 bits per heavy atom. The maximum Gasteiger partial charge on any atom is 0.292 e. The first kappa shape index (κ1) is 20.8. The first-order chi connectivity index (χ1) is 10.8. The maximum atomic E-state index is 12.8. The minimum absolute atomic E-state index is 0. The van der Waals surface area contributed by atoms with Gasteiger partial charge in [0.15, 0.2) is 4.90 Å². The smallest absolute Gasteiger partial charge is 0.292 e. The van der Waals surface area contributed by atoms with Crippen molar-refractivity contribution in [3.63, 3.8) is 0 Å². The van der Waals surface area contributed by atoms with Crippen LogP contribution in [0.3, 0.4) is 0 Å². The number of aryl methyl sites for hydroxylation is 2. The molecule has 9 heteroatoms. The molecule has 2 rings (SSSR count). The van der Waals surface area contributed by atoms with Crippen molar-refractivity contribution in [2.45, 2.75) is 50.5 Å². The van der Waals surface area contributed by atoms with E-state index >= 15 is 0 Å². The number of benzene rings is 1. The van der Waals surface area contributed by atoms with Crippen LogP contribution in [-0.4, -0.2) is 25.9 Å². The van der Waals surface area contributed by atoms with E-state index in [1.165, 1.54) is 0 Å². The van der Waals surface area contributed by atoms with Crippen LogP contribution in [-0.2, 0) is 10.0 Å². The van der Waals surface area contributed by atoms with E-state index in [9.17, 15) is 18.5 Å². The Morgan fingerprint density at radius 3 is 2.42 bits per heavy atom. The molecule has 0 saturated heterocycles. The molecule has 0 amide bonds. The molecule has 24 heavy (non-hydrogen) atoms. The van der Waals surface area contributed by atoms with Crippen molar-refractivity contribution < 1.29 is 13.3 Å². The second-order valence-electron chi connectivity index (χ2n) is 6.14. The van der Waals surface area contributed by atoms with Crippen LogP contribution in [0.1, 0.15) is 36.8 Å². The van der Waals surface area contributed by atoms with Crippen LogP contribution in [0.15, 0.2) is 17.0 Å². The first-order valence-electron chi connectivity index (χ1n) is 7.75. The first-order valence-corrected chi connectivity index (χ1v) is 9.23. The minimum atomic E-state index is -3.98. The molecule has 7 nitrogen and oxygen atoms in total. The van der Waals surface area contributed by atoms with Crippen molar-refractivity contribution in [2.75, 3.05) is 6.54 Å². The highest BCUT2D eigenvalue weighted by molar-refractivity contribution is 7.89. The van der Waals surface area contributed by atoms with Crippen molar-refractivity contribution in [3.05, 3.63) is 33.4 Å². The van der Waals surface area contributed by atoms with E-state index in [4.69, 9.17) is 5.73 Å². The summed E-state index contributed by atoms with van der Waals surface area (Å²) in [6.07, 6.45) is 3.54. The number of halogens is 1. The number of hydrogen-bond acceptors (Lipinski definition) is 5. The van der Waals surface area contributed by atoms with Crippen molar-refractivity contribution in [2.24, 2.45) is 11.7 Å². The second-order valence-corrected chi connectivity index (χ2v) is 7.79. The highest BCUT2D eigenvalue weighted by atomic mass is 35.5. The highest BCUT2D eigenvalue weighted by Crippen LogP contribution is 2.32. The molecular formula is C15H24ClN3O4S. The van der Waals surface area contributed by atoms with E-state index in [1.807, 2.05) is 0 Å². The number of hydrogen-bond donors (Lipinski definition) is 2. The third-order valence-electron chi connectivity index (χ3n) is 4.50. The second kappa shape index (κ2) is 8.24. The van der Waals surface area contributed by atoms with E-state index in [1.54, 1.807) is 26.0 Å². The Hall–Kier alpha value is -1.22. The van der Waals surface area contributed by atoms with Gasteiger partial charge in [-0.05, 0) is 44.7 Å². The van der Waals surface area contributed by atoms with Crippen LogP contribution >= 0.6 is 12.4 Å². The molecular weight excluding hydrogens is 354 g/mol. The molecule has 1 aliphatic rings. The fourth-order valence-electron chi connectivity index (χ4n) is 3.24. The van der Waals surface area contributed by atoms with Gasteiger partial charge < -0.3 is 5.73 Å². The topological polar surface area (TPSA) is 115 Å². The van der Waals surface area contributed by atoms with Crippen molar-refractivity contribution in [1.82, 2.24) is 4.72 Å². The molecule has 0 aromatic heterocycles. The predicted molar refractivity (Wildman–Crippen MR) is 94.9 cm³/mol. The maximum absolute atomic E-state index is 12.8. The van der Waals surface area contributed by atoms with Gasteiger partial charge in [-0.1, -0.05) is 25.0 Å². The fraction of sp³-hybridized carbons (Fsp3) is 0.600. The summed E-state index contributed by atoms with van der Waals surface area (Å²) in [7, 11) is -3.98. The summed E-state index contributed by atoms with van der Waals surface area (Å²) >= 11 is 0. The average molecular weight is 378 g/mol. The molecule has 3 N–H and O–H groups in total. The van der Waals surface area contributed by atoms with Gasteiger partial charge in [-0.2, -0.15) is 0 Å². The van der Waals surface area contributed by atoms with E-state index < -0.39 is 14.9 Å². The SMILES string of the molecule is Cc1ccc(C)c(S(=O)(=O)NC2CCCCC2CN)c1[N+](=O)[O-].Cl. The number of nitrogens with one attached hydrogen (secondary N) is 1. The zero-order chi connectivity index (χ0) is 17.2. The molecule has 2 unspecified atom stereocenters. The Labute approximate surface area is 148 Å². The van der Waals surface area contributed by atoms with E-state index in [0.29, 0.717) is 24.1 Å². The van der Waals surface area contributed by atoms with Crippen molar-refractivity contribution in [1.29, 1.82) is 0 Å². The van der Waals surface area contributed by atoms with Crippen LogP contribution in [0, 0.1) is 29.9 Å². The molecule has 1 aromatic carbocycles. The van der Waals surface area contributed by atoms with E-state index in [0.717, 1.165) is 19.3 Å². The molecule has 0 aliphatic heterocycles. The molecule has 0 radical (unpaired) electrons. The van der Waals surface area contributed by atoms with Crippen LogP contribution < -0.4 is 10.5 Å². The normalized spacial score (nSPS) is 21.1. The number of rotatable bonds is 5. The molecule has 2 atom stereocenters. The summed E-state index contributed by atoms with van der Waals surface area (Å²) in [5.74, 6) is 0.0719. The van der Waals surface area contributed by atoms with Gasteiger partial charge >= 0.3 is 0 Å². The number of nitrogens with two attached hydrogens (primary N) is 1. The molecule has 0 bridgehead atoms. The number of nitrogens with zero attached hydrogens (tertiary/aromatic N) is 1. The average Bonchev–Trinajstić information content (AvgIpc) is 2.49. The number of nitro benzene ring substituents is 1. The van der Waals surface area contributed by atoms with Crippen molar-refractivity contribution >= 4 is 28.1 Å². The Balaban J connectivity index is 0.00000288. The standard InChI is InChI=1S/C15H23N3O4S.ClH/c1-10-7-8-11(2)15(14(10)18(19)20)23(21,22)17-13-6-4-3-5-12(13)9-16;/h7-8,12-13,17H,3-6,9,16H2,1-2H3;1H. The van der Waals surface area contributed by atoms with Crippen LogP contribution in [0.2, 0.25) is 0 Å². The monoisotopic (exact) mass is 377 g/mol. The van der Waals surface area contributed by atoms with Crippen LogP contribution in [0.5, 0.6) is 0 Å². The number of nitro groups is 1. The van der Waals surface area contributed by atoms with Gasteiger partial charge in [0.2, 0.25) is 10.0 Å². The summed E-state index contributed by atoms with van der Waals surface area (Å²) in [5.41, 5.74) is 6.09. The molecule has 1 saturated carbocycles. The van der Waals surface area contributed by atoms with Gasteiger partial charge in [0, 0.05) is 11.6 Å². The van der Waals surface area contributed by atoms with Gasteiger partial charge in [-0.3, -0.25) is 10.1 Å². The minimum Gasteiger partial charge on any atom is -0.330 e. The molecule has 1 aromatic rings. The van der Waals surface area contributed by atoms with Gasteiger partial charge in [-0.15, -0.1) is 12.4 Å². The lowest BCUT2D eigenvalue weighted by Gasteiger charge is -2.31. The zero-order valence-electron chi connectivity index (χ0n) is 13.8. The lowest BCUT2D eigenvalue weighted by Crippen LogP contribution is -2.44. The number of sulfonamides is 1. The molecule has 136 valence electrons. The molecule has 1 fully saturated rings. The third-order valence-corrected chi connectivity index (χ3v) is 6.17. The Bertz CT molecular complexity index is 709. The largest absolute Gasteiger partial charge is 0.330 e. The highest BCUT2D eigenvalue weighted by Gasteiger charge is 2.34. The summed E-state index contributed by atoms with van der Waals surface area (Å²) < 4.78 is 28.3. The molecule has 0 heterocycles. The lowest BCUT2D eigenvalue weighted by atomic mass is 9.85. The molecule has 1 aliphatic carbocycles. The predicted octanol–water partition coefficient (Wildman–Crippen LogP) is 2.43. The fourth-order valence-corrected chi connectivity index (χ4v) is 5.05. The van der Waals surface area contributed by atoms with E-state index in [-0.39, 0.29) is 34.9 Å². The Kier molecular flexibility index (Phi) is 7.15. The quantitative estimate of drug-likeness (QED) is 0.603. The van der Waals surface area contributed by atoms with Gasteiger partial charge in [0.1, 0.15) is 0 Å². The summed E-state index contributed by atoms with van der Waals surface area (Å²) in [4.78, 5) is 10.5. The molecule has 0 spiro atoms.